The number of hydrogen-bond donors (Lipinski definition) is 1. The Bertz CT molecular complexity index is 438. The van der Waals surface area contributed by atoms with E-state index in [-0.39, 0.29) is 5.95 Å². The van der Waals surface area contributed by atoms with Gasteiger partial charge in [0.1, 0.15) is 5.60 Å². The molecular weight excluding hydrogens is 254 g/mol. The summed E-state index contributed by atoms with van der Waals surface area (Å²) in [5, 5.41) is 2.44. The quantitative estimate of drug-likeness (QED) is 0.857. The van der Waals surface area contributed by atoms with Gasteiger partial charge in [-0.1, -0.05) is 6.58 Å². The summed E-state index contributed by atoms with van der Waals surface area (Å²) in [6.07, 6.45) is 2.50. The molecule has 1 heterocycles. The van der Waals surface area contributed by atoms with Crippen LogP contribution in [0.15, 0.2) is 19.0 Å². The summed E-state index contributed by atoms with van der Waals surface area (Å²) >= 11 is 5.64. The van der Waals surface area contributed by atoms with Crippen LogP contribution in [0.4, 0.5) is 10.7 Å². The zero-order chi connectivity index (χ0) is 13.8. The van der Waals surface area contributed by atoms with E-state index < -0.39 is 11.7 Å². The van der Waals surface area contributed by atoms with Crippen molar-refractivity contribution >= 4 is 29.2 Å². The number of allylic oxidation sites excluding steroid dienone is 1. The minimum absolute atomic E-state index is 0.176. The molecule has 0 saturated heterocycles. The van der Waals surface area contributed by atoms with Crippen molar-refractivity contribution in [1.29, 1.82) is 0 Å². The number of amides is 1. The highest BCUT2D eigenvalue weighted by Crippen LogP contribution is 2.13. The fourth-order valence-corrected chi connectivity index (χ4v) is 1.20. The summed E-state index contributed by atoms with van der Waals surface area (Å²) < 4.78 is 5.07. The number of nitrogens with one attached hydrogen (secondary N) is 1. The number of halogens is 1. The van der Waals surface area contributed by atoms with Gasteiger partial charge in [0.25, 0.3) is 0 Å². The van der Waals surface area contributed by atoms with Gasteiger partial charge in [0, 0.05) is 23.8 Å². The third-order valence-electron chi connectivity index (χ3n) is 1.83. The molecule has 0 unspecified atom stereocenters. The average molecular weight is 270 g/mol. The highest BCUT2D eigenvalue weighted by atomic mass is 35.5. The molecule has 0 saturated carbocycles. The Morgan fingerprint density at radius 3 is 2.44 bits per heavy atom. The molecule has 0 fully saturated rings. The summed E-state index contributed by atoms with van der Waals surface area (Å²) in [6, 6.07) is 0. The van der Waals surface area contributed by atoms with E-state index in [1.165, 1.54) is 0 Å². The van der Waals surface area contributed by atoms with Gasteiger partial charge in [-0.15, -0.1) is 11.6 Å². The number of nitrogens with zero attached hydrogens (tertiary/aromatic N) is 2. The van der Waals surface area contributed by atoms with Crippen LogP contribution >= 0.6 is 11.6 Å². The van der Waals surface area contributed by atoms with Gasteiger partial charge in [0.15, 0.2) is 0 Å². The maximum atomic E-state index is 11.5. The lowest BCUT2D eigenvalue weighted by Crippen LogP contribution is -2.27. The first-order chi connectivity index (χ1) is 8.31. The first kappa shape index (κ1) is 14.4. The fraction of sp³-hybridized carbons (Fsp3) is 0.417. The second-order valence-corrected chi connectivity index (χ2v) is 4.93. The number of alkyl halides is 1. The van der Waals surface area contributed by atoms with E-state index in [1.54, 1.807) is 33.2 Å². The average Bonchev–Trinajstić information content (AvgIpc) is 2.26. The minimum atomic E-state index is -0.591. The van der Waals surface area contributed by atoms with Crippen LogP contribution in [0.25, 0.3) is 5.57 Å². The van der Waals surface area contributed by atoms with Crippen LogP contribution in [-0.2, 0) is 4.74 Å². The molecular formula is C12H16ClN3O2. The van der Waals surface area contributed by atoms with Gasteiger partial charge in [0.2, 0.25) is 5.95 Å². The van der Waals surface area contributed by atoms with Gasteiger partial charge in [-0.25, -0.2) is 14.8 Å². The van der Waals surface area contributed by atoms with Crippen molar-refractivity contribution in [2.75, 3.05) is 11.2 Å². The van der Waals surface area contributed by atoms with Crippen molar-refractivity contribution in [3.8, 4) is 0 Å². The summed E-state index contributed by atoms with van der Waals surface area (Å²) in [6.45, 7) is 9.09. The predicted octanol–water partition coefficient (Wildman–Crippen LogP) is 3.08. The third kappa shape index (κ3) is 4.71. The Kier molecular flexibility index (Phi) is 4.67. The van der Waals surface area contributed by atoms with Gasteiger partial charge >= 0.3 is 6.09 Å². The lowest BCUT2D eigenvalue weighted by Gasteiger charge is -2.19. The van der Waals surface area contributed by atoms with Crippen LogP contribution in [0.5, 0.6) is 0 Å². The first-order valence-corrected chi connectivity index (χ1v) is 5.91. The van der Waals surface area contributed by atoms with E-state index in [9.17, 15) is 4.79 Å². The number of carbonyl (C=O) groups excluding carboxylic acids is 1. The molecule has 0 radical (unpaired) electrons. The smallest absolute Gasteiger partial charge is 0.414 e. The maximum absolute atomic E-state index is 11.5. The summed E-state index contributed by atoms with van der Waals surface area (Å²) in [4.78, 5) is 19.4. The van der Waals surface area contributed by atoms with Crippen LogP contribution in [-0.4, -0.2) is 27.5 Å². The Labute approximate surface area is 111 Å². The molecule has 1 amide bonds. The summed E-state index contributed by atoms with van der Waals surface area (Å²) in [5.74, 6) is 0.484. The summed E-state index contributed by atoms with van der Waals surface area (Å²) in [5.41, 5.74) is 0.900. The molecule has 98 valence electrons. The van der Waals surface area contributed by atoms with Crippen molar-refractivity contribution in [1.82, 2.24) is 9.97 Å². The minimum Gasteiger partial charge on any atom is -0.444 e. The van der Waals surface area contributed by atoms with Crippen molar-refractivity contribution in [3.63, 3.8) is 0 Å². The number of carbonyl (C=O) groups is 1. The molecule has 1 aromatic heterocycles. The van der Waals surface area contributed by atoms with E-state index in [1.807, 2.05) is 0 Å². The van der Waals surface area contributed by atoms with Crippen molar-refractivity contribution in [2.45, 2.75) is 26.4 Å². The predicted molar refractivity (Wildman–Crippen MR) is 71.6 cm³/mol. The standard InChI is InChI=1S/C12H16ClN3O2/c1-8(5-13)9-6-14-10(15-7-9)16-11(17)18-12(2,3)4/h6-7H,1,5H2,2-4H3,(H,14,15,16,17). The Hall–Kier alpha value is -1.62. The molecule has 0 aliphatic carbocycles. The molecule has 0 aliphatic rings. The number of aromatic nitrogens is 2. The SMILES string of the molecule is C=C(CCl)c1cnc(NC(=O)OC(C)(C)C)nc1. The second kappa shape index (κ2) is 5.82. The van der Waals surface area contributed by atoms with Crippen LogP contribution in [0.3, 0.4) is 0 Å². The molecule has 0 bridgehead atoms. The van der Waals surface area contributed by atoms with Gasteiger partial charge < -0.3 is 4.74 Å². The highest BCUT2D eigenvalue weighted by Gasteiger charge is 2.16. The lowest BCUT2D eigenvalue weighted by molar-refractivity contribution is 0.0634. The molecule has 0 aromatic carbocycles. The van der Waals surface area contributed by atoms with E-state index >= 15 is 0 Å². The van der Waals surface area contributed by atoms with E-state index in [4.69, 9.17) is 16.3 Å². The molecule has 1 aromatic rings. The largest absolute Gasteiger partial charge is 0.444 e. The first-order valence-electron chi connectivity index (χ1n) is 5.38. The summed E-state index contributed by atoms with van der Waals surface area (Å²) in [7, 11) is 0. The van der Waals surface area contributed by atoms with Crippen molar-refractivity contribution in [3.05, 3.63) is 24.5 Å². The molecule has 18 heavy (non-hydrogen) atoms. The number of anilines is 1. The monoisotopic (exact) mass is 269 g/mol. The molecule has 0 atom stereocenters. The van der Waals surface area contributed by atoms with Crippen LogP contribution in [0, 0.1) is 0 Å². The number of hydrogen-bond acceptors (Lipinski definition) is 4. The van der Waals surface area contributed by atoms with E-state index in [2.05, 4.69) is 21.9 Å². The molecule has 0 aliphatic heterocycles. The molecule has 5 nitrogen and oxygen atoms in total. The fourth-order valence-electron chi connectivity index (χ4n) is 1.05. The molecule has 1 rings (SSSR count). The van der Waals surface area contributed by atoms with Gasteiger partial charge in [-0.2, -0.15) is 0 Å². The zero-order valence-electron chi connectivity index (χ0n) is 10.7. The van der Waals surface area contributed by atoms with E-state index in [0.717, 1.165) is 11.1 Å². The zero-order valence-corrected chi connectivity index (χ0v) is 11.4. The van der Waals surface area contributed by atoms with Gasteiger partial charge in [0.05, 0.1) is 0 Å². The Morgan fingerprint density at radius 1 is 1.44 bits per heavy atom. The maximum Gasteiger partial charge on any atom is 0.414 e. The van der Waals surface area contributed by atoms with Crippen molar-refractivity contribution < 1.29 is 9.53 Å². The van der Waals surface area contributed by atoms with Crippen LogP contribution in [0.1, 0.15) is 26.3 Å². The van der Waals surface area contributed by atoms with Gasteiger partial charge in [-0.3, -0.25) is 5.32 Å². The number of ether oxygens (including phenoxy) is 1. The van der Waals surface area contributed by atoms with Gasteiger partial charge in [-0.05, 0) is 26.3 Å². The van der Waals surface area contributed by atoms with Crippen LogP contribution < -0.4 is 5.32 Å². The normalized spacial score (nSPS) is 10.9. The third-order valence-corrected chi connectivity index (χ3v) is 2.16. The lowest BCUT2D eigenvalue weighted by atomic mass is 10.2. The van der Waals surface area contributed by atoms with Crippen molar-refractivity contribution in [2.24, 2.45) is 0 Å². The highest BCUT2D eigenvalue weighted by molar-refractivity contribution is 6.23. The molecule has 0 spiro atoms. The molecule has 6 heteroatoms. The second-order valence-electron chi connectivity index (χ2n) is 4.66. The van der Waals surface area contributed by atoms with Crippen LogP contribution in [0.2, 0.25) is 0 Å². The molecule has 1 N–H and O–H groups in total. The topological polar surface area (TPSA) is 64.1 Å². The number of rotatable bonds is 3. The van der Waals surface area contributed by atoms with E-state index in [0.29, 0.717) is 5.88 Å². The Balaban J connectivity index is 2.64. The Morgan fingerprint density at radius 2 is 2.00 bits per heavy atom.